The van der Waals surface area contributed by atoms with E-state index < -0.39 is 0 Å². The normalized spacial score (nSPS) is 9.86. The Morgan fingerprint density at radius 1 is 0.123 bits per heavy atom. The van der Waals surface area contributed by atoms with Gasteiger partial charge in [-0.05, 0) is 51.4 Å². The Labute approximate surface area is 493 Å². The average molecular weight is 1200 g/mol. The van der Waals surface area contributed by atoms with Crippen molar-refractivity contribution in [3.05, 3.63) is 0 Å². The Balaban J connectivity index is -0.0000000914. The maximum atomic E-state index is 8.42. The van der Waals surface area contributed by atoms with Gasteiger partial charge in [0, 0.05) is 92.8 Å². The molecule has 0 aliphatic rings. The van der Waals surface area contributed by atoms with Crippen LogP contribution in [0, 0.1) is 39.9 Å². The van der Waals surface area contributed by atoms with E-state index in [1.807, 2.05) is 0 Å². The van der Waals surface area contributed by atoms with Crippen LogP contribution < -0.4 is 0 Å². The Bertz CT molecular complexity index is 478. The minimum absolute atomic E-state index is 0. The van der Waals surface area contributed by atoms with Crippen molar-refractivity contribution in [3.8, 4) is 0 Å². The molecule has 0 saturated heterocycles. The number of unbranched alkanes of at least 4 members (excludes halogenated alkanes) is 40. The first kappa shape index (κ1) is 93.3. The second-order valence-electron chi connectivity index (χ2n) is 19.9. The molecule has 0 radical (unpaired) electrons. The Hall–Kier alpha value is 1.00. The van der Waals surface area contributed by atoms with E-state index in [0.717, 1.165) is 51.4 Å². The van der Waals surface area contributed by atoms with Crippen LogP contribution in [0.15, 0.2) is 0 Å². The van der Waals surface area contributed by atoms with Gasteiger partial charge in [0.05, 0.1) is 0 Å². The van der Waals surface area contributed by atoms with Crippen LogP contribution in [0.3, 0.4) is 0 Å². The molecule has 0 rings (SSSR count). The van der Waals surface area contributed by atoms with E-state index in [4.69, 9.17) is 40.9 Å². The van der Waals surface area contributed by atoms with Gasteiger partial charge in [0.25, 0.3) is 0 Å². The average Bonchev–Trinajstić information content (AvgIpc) is 3.40. The van der Waals surface area contributed by atoms with Gasteiger partial charge >= 0.3 is 0 Å². The molecule has 0 aromatic rings. The topological polar surface area (TPSA) is 162 Å². The molecule has 8 N–H and O–H groups in total. The summed E-state index contributed by atoms with van der Waals surface area (Å²) in [6.45, 7) is 20.7. The van der Waals surface area contributed by atoms with Crippen LogP contribution in [-0.2, 0) is 0 Å². The van der Waals surface area contributed by atoms with E-state index in [1.54, 1.807) is 0 Å². The number of aliphatic hydroxyl groups excluding tert-OH is 8. The van der Waals surface area contributed by atoms with Crippen LogP contribution >= 0.6 is 0 Å². The van der Waals surface area contributed by atoms with Crippen molar-refractivity contribution in [2.45, 2.75) is 364 Å². The van der Waals surface area contributed by atoms with Crippen LogP contribution in [0.2, 0.25) is 0 Å². The van der Waals surface area contributed by atoms with E-state index >= 15 is 0 Å². The van der Waals surface area contributed by atoms with Gasteiger partial charge in [-0.1, -0.05) is 312 Å². The Morgan fingerprint density at radius 3 is 0.260 bits per heavy atom. The molecule has 0 aliphatic carbocycles. The number of hydrogen-bond donors (Lipinski definition) is 8. The summed E-state index contributed by atoms with van der Waals surface area (Å²) in [6.07, 6.45) is 60.0. The molecule has 0 aromatic heterocycles. The Morgan fingerprint density at radius 2 is 0.192 bits per heavy atom. The molecular formula is C64H144GdO8. The zero-order valence-electron chi connectivity index (χ0n) is 51.5. The summed E-state index contributed by atoms with van der Waals surface area (Å²) in [5.74, 6) is 0. The predicted molar refractivity (Wildman–Crippen MR) is 324 cm³/mol. The molecule has 0 unspecified atom stereocenters. The van der Waals surface area contributed by atoms with Gasteiger partial charge in [0.15, 0.2) is 0 Å². The fraction of sp³-hybridized carbons (Fsp3) is 1.00. The van der Waals surface area contributed by atoms with Crippen molar-refractivity contribution >= 4 is 0 Å². The van der Waals surface area contributed by atoms with Gasteiger partial charge in [-0.25, -0.2) is 0 Å². The van der Waals surface area contributed by atoms with E-state index in [2.05, 4.69) is 55.4 Å². The molecule has 0 aromatic carbocycles. The summed E-state index contributed by atoms with van der Waals surface area (Å²) in [6, 6.07) is 0. The fourth-order valence-electron chi connectivity index (χ4n) is 7.14. The van der Waals surface area contributed by atoms with Crippen LogP contribution in [0.1, 0.15) is 364 Å². The van der Waals surface area contributed by atoms with Gasteiger partial charge < -0.3 is 40.9 Å². The van der Waals surface area contributed by atoms with Crippen molar-refractivity contribution < 1.29 is 80.8 Å². The summed E-state index contributed by atoms with van der Waals surface area (Å²) >= 11 is 0. The van der Waals surface area contributed by atoms with Gasteiger partial charge in [-0.3, -0.25) is 0 Å². The SMILES string of the molecule is CCCCCCCCO.CCCCCCCCO.CCCCCCCCO.CCCCCCCCO.CCCCCCCCO.CCCCCCCCO.CCCCCCCCO.CCCCCCCCO.[Gd]. The minimum atomic E-state index is 0. The van der Waals surface area contributed by atoms with E-state index in [0.29, 0.717) is 52.9 Å². The van der Waals surface area contributed by atoms with Crippen molar-refractivity contribution in [1.29, 1.82) is 0 Å². The smallest absolute Gasteiger partial charge is 0.0431 e. The van der Waals surface area contributed by atoms with Crippen LogP contribution in [0.25, 0.3) is 0 Å². The summed E-state index contributed by atoms with van der Waals surface area (Å²) in [5.41, 5.74) is 0. The number of rotatable bonds is 48. The van der Waals surface area contributed by atoms with Crippen molar-refractivity contribution in [3.63, 3.8) is 0 Å². The van der Waals surface area contributed by atoms with E-state index in [9.17, 15) is 0 Å². The van der Waals surface area contributed by atoms with Crippen LogP contribution in [-0.4, -0.2) is 93.7 Å². The maximum absolute atomic E-state index is 8.42. The maximum Gasteiger partial charge on any atom is 0.0431 e. The molecule has 0 bridgehead atoms. The van der Waals surface area contributed by atoms with Crippen molar-refractivity contribution in [2.75, 3.05) is 52.9 Å². The summed E-state index contributed by atoms with van der Waals surface area (Å²) < 4.78 is 0. The molecule has 0 atom stereocenters. The van der Waals surface area contributed by atoms with E-state index in [1.165, 1.54) is 257 Å². The van der Waals surface area contributed by atoms with Crippen molar-refractivity contribution in [2.24, 2.45) is 0 Å². The van der Waals surface area contributed by atoms with Gasteiger partial charge in [0.2, 0.25) is 0 Å². The quantitative estimate of drug-likeness (QED) is 0.0279. The third-order valence-electron chi connectivity index (χ3n) is 12.1. The van der Waals surface area contributed by atoms with Gasteiger partial charge in [-0.15, -0.1) is 0 Å². The molecule has 456 valence electrons. The second kappa shape index (κ2) is 116. The molecule has 0 saturated carbocycles. The predicted octanol–water partition coefficient (Wildman–Crippen LogP) is 18.7. The van der Waals surface area contributed by atoms with E-state index in [-0.39, 0.29) is 39.9 Å². The second-order valence-corrected chi connectivity index (χ2v) is 19.9. The first-order valence-electron chi connectivity index (χ1n) is 32.2. The first-order chi connectivity index (χ1) is 35.3. The molecule has 0 spiro atoms. The minimum Gasteiger partial charge on any atom is -0.396 e. The van der Waals surface area contributed by atoms with Crippen LogP contribution in [0.4, 0.5) is 0 Å². The molecule has 9 heteroatoms. The first-order valence-corrected chi connectivity index (χ1v) is 32.2. The fourth-order valence-corrected chi connectivity index (χ4v) is 7.14. The van der Waals surface area contributed by atoms with Gasteiger partial charge in [-0.2, -0.15) is 0 Å². The van der Waals surface area contributed by atoms with Gasteiger partial charge in [0.1, 0.15) is 0 Å². The van der Waals surface area contributed by atoms with Crippen LogP contribution in [0.5, 0.6) is 0 Å². The number of hydrogen-bond acceptors (Lipinski definition) is 8. The molecule has 0 fully saturated rings. The largest absolute Gasteiger partial charge is 0.396 e. The molecular weight excluding hydrogens is 1050 g/mol. The molecule has 73 heavy (non-hydrogen) atoms. The summed E-state index contributed by atoms with van der Waals surface area (Å²) in [5, 5.41) is 67.4. The zero-order chi connectivity index (χ0) is 55.6. The summed E-state index contributed by atoms with van der Waals surface area (Å²) in [7, 11) is 0. The molecule has 0 heterocycles. The zero-order valence-corrected chi connectivity index (χ0v) is 53.8. The monoisotopic (exact) mass is 1200 g/mol. The third-order valence-corrected chi connectivity index (χ3v) is 12.1. The Kier molecular flexibility index (Phi) is 149. The molecule has 0 aliphatic heterocycles. The third kappa shape index (κ3) is 153. The van der Waals surface area contributed by atoms with Crippen molar-refractivity contribution in [1.82, 2.24) is 0 Å². The standard InChI is InChI=1S/8C8H18O.Gd/c8*1-2-3-4-5-6-7-8-9;/h8*9H,2-8H2,1H3;. The number of aliphatic hydroxyl groups is 8. The summed E-state index contributed by atoms with van der Waals surface area (Å²) in [4.78, 5) is 0. The molecule has 8 nitrogen and oxygen atoms in total. The molecule has 0 amide bonds.